The van der Waals surface area contributed by atoms with Crippen LogP contribution in [0.4, 0.5) is 0 Å². The first kappa shape index (κ1) is 16.3. The van der Waals surface area contributed by atoms with Crippen LogP contribution in [0.1, 0.15) is 43.6 Å². The van der Waals surface area contributed by atoms with Crippen LogP contribution < -0.4 is 5.32 Å². The van der Waals surface area contributed by atoms with Crippen molar-refractivity contribution in [3.05, 3.63) is 29.7 Å². The van der Waals surface area contributed by atoms with Crippen LogP contribution in [0.3, 0.4) is 0 Å². The molecule has 0 radical (unpaired) electrons. The SMILES string of the molecule is Cc1ccc(/C=C/C(=O)NCCCN2CCCCCC2=O)o1. The molecule has 1 fully saturated rings. The Balaban J connectivity index is 1.64. The van der Waals surface area contributed by atoms with Gasteiger partial charge >= 0.3 is 0 Å². The first-order valence-corrected chi connectivity index (χ1v) is 7.95. The summed E-state index contributed by atoms with van der Waals surface area (Å²) in [5.74, 6) is 1.60. The van der Waals surface area contributed by atoms with Crippen LogP contribution in [0, 0.1) is 6.92 Å². The van der Waals surface area contributed by atoms with Gasteiger partial charge in [0.15, 0.2) is 0 Å². The molecule has 0 bridgehead atoms. The molecule has 120 valence electrons. The van der Waals surface area contributed by atoms with E-state index in [-0.39, 0.29) is 11.8 Å². The number of carbonyl (C=O) groups is 2. The van der Waals surface area contributed by atoms with Crippen molar-refractivity contribution in [2.75, 3.05) is 19.6 Å². The number of nitrogens with zero attached hydrogens (tertiary/aromatic N) is 1. The second kappa shape index (κ2) is 8.41. The average molecular weight is 304 g/mol. The minimum absolute atomic E-state index is 0.142. The van der Waals surface area contributed by atoms with Crippen LogP contribution in [0.15, 0.2) is 22.6 Å². The van der Waals surface area contributed by atoms with Crippen LogP contribution in [0.25, 0.3) is 6.08 Å². The number of rotatable bonds is 6. The van der Waals surface area contributed by atoms with Gasteiger partial charge in [0.2, 0.25) is 11.8 Å². The van der Waals surface area contributed by atoms with E-state index in [0.29, 0.717) is 18.7 Å². The minimum atomic E-state index is -0.142. The Hall–Kier alpha value is -2.04. The van der Waals surface area contributed by atoms with E-state index < -0.39 is 0 Å². The van der Waals surface area contributed by atoms with Gasteiger partial charge in [-0.05, 0) is 44.4 Å². The zero-order valence-electron chi connectivity index (χ0n) is 13.1. The molecule has 1 aliphatic rings. The quantitative estimate of drug-likeness (QED) is 0.649. The summed E-state index contributed by atoms with van der Waals surface area (Å²) >= 11 is 0. The predicted octanol–water partition coefficient (Wildman–Crippen LogP) is 2.51. The van der Waals surface area contributed by atoms with Gasteiger partial charge < -0.3 is 14.6 Å². The normalized spacial score (nSPS) is 16.0. The van der Waals surface area contributed by atoms with Crippen LogP contribution in [-0.4, -0.2) is 36.3 Å². The summed E-state index contributed by atoms with van der Waals surface area (Å²) in [6.07, 6.45) is 7.79. The summed E-state index contributed by atoms with van der Waals surface area (Å²) in [5, 5.41) is 2.82. The Morgan fingerprint density at radius 2 is 2.23 bits per heavy atom. The predicted molar refractivity (Wildman–Crippen MR) is 85.2 cm³/mol. The molecule has 1 aliphatic heterocycles. The van der Waals surface area contributed by atoms with Crippen LogP contribution in [0.2, 0.25) is 0 Å². The van der Waals surface area contributed by atoms with E-state index in [1.165, 1.54) is 6.08 Å². The molecule has 0 saturated carbocycles. The molecule has 0 unspecified atom stereocenters. The molecule has 0 aliphatic carbocycles. The summed E-state index contributed by atoms with van der Waals surface area (Å²) in [7, 11) is 0. The van der Waals surface area contributed by atoms with E-state index in [4.69, 9.17) is 4.42 Å². The largest absolute Gasteiger partial charge is 0.462 e. The van der Waals surface area contributed by atoms with Crippen LogP contribution in [-0.2, 0) is 9.59 Å². The van der Waals surface area contributed by atoms with Gasteiger partial charge in [0.25, 0.3) is 0 Å². The second-order valence-electron chi connectivity index (χ2n) is 5.62. The molecular formula is C17H24N2O3. The Morgan fingerprint density at radius 1 is 1.36 bits per heavy atom. The van der Waals surface area contributed by atoms with E-state index in [0.717, 1.165) is 44.5 Å². The smallest absolute Gasteiger partial charge is 0.244 e. The summed E-state index contributed by atoms with van der Waals surface area (Å²) in [5.41, 5.74) is 0. The highest BCUT2D eigenvalue weighted by Crippen LogP contribution is 2.11. The lowest BCUT2D eigenvalue weighted by molar-refractivity contribution is -0.130. The first-order valence-electron chi connectivity index (χ1n) is 7.95. The maximum atomic E-state index is 11.8. The summed E-state index contributed by atoms with van der Waals surface area (Å²) in [6.45, 7) is 4.01. The highest BCUT2D eigenvalue weighted by atomic mass is 16.3. The number of likely N-dealkylation sites (tertiary alicyclic amines) is 1. The molecule has 5 heteroatoms. The van der Waals surface area contributed by atoms with Gasteiger partial charge in [-0.25, -0.2) is 0 Å². The lowest BCUT2D eigenvalue weighted by Gasteiger charge is -2.20. The molecule has 22 heavy (non-hydrogen) atoms. The number of carbonyl (C=O) groups excluding carboxylic acids is 2. The lowest BCUT2D eigenvalue weighted by atomic mass is 10.2. The number of aryl methyl sites for hydroxylation is 1. The summed E-state index contributed by atoms with van der Waals surface area (Å²) in [4.78, 5) is 25.4. The third-order valence-corrected chi connectivity index (χ3v) is 3.74. The Kier molecular flexibility index (Phi) is 6.25. The fourth-order valence-corrected chi connectivity index (χ4v) is 2.52. The number of amides is 2. The third-order valence-electron chi connectivity index (χ3n) is 3.74. The van der Waals surface area contributed by atoms with E-state index in [1.807, 2.05) is 24.0 Å². The fraction of sp³-hybridized carbons (Fsp3) is 0.529. The number of furan rings is 1. The first-order chi connectivity index (χ1) is 10.6. The van der Waals surface area contributed by atoms with Crippen molar-refractivity contribution >= 4 is 17.9 Å². The Morgan fingerprint density at radius 3 is 3.00 bits per heavy atom. The molecule has 1 aromatic rings. The molecular weight excluding hydrogens is 280 g/mol. The van der Waals surface area contributed by atoms with Crippen molar-refractivity contribution in [2.24, 2.45) is 0 Å². The van der Waals surface area contributed by atoms with Crippen molar-refractivity contribution in [3.63, 3.8) is 0 Å². The van der Waals surface area contributed by atoms with Gasteiger partial charge in [-0.2, -0.15) is 0 Å². The molecule has 0 aromatic carbocycles. The fourth-order valence-electron chi connectivity index (χ4n) is 2.52. The highest BCUT2D eigenvalue weighted by Gasteiger charge is 2.15. The standard InChI is InChI=1S/C17H24N2O3/c1-14-7-8-15(22-14)9-10-16(20)18-11-5-13-19-12-4-2-3-6-17(19)21/h7-10H,2-6,11-13H2,1H3,(H,18,20)/b10-9+. The van der Waals surface area contributed by atoms with Gasteiger partial charge in [-0.1, -0.05) is 6.42 Å². The highest BCUT2D eigenvalue weighted by molar-refractivity contribution is 5.91. The van der Waals surface area contributed by atoms with Gasteiger partial charge in [-0.15, -0.1) is 0 Å². The van der Waals surface area contributed by atoms with Crippen molar-refractivity contribution < 1.29 is 14.0 Å². The van der Waals surface area contributed by atoms with E-state index in [9.17, 15) is 9.59 Å². The van der Waals surface area contributed by atoms with Crippen LogP contribution in [0.5, 0.6) is 0 Å². The van der Waals surface area contributed by atoms with Gasteiger partial charge in [0, 0.05) is 32.1 Å². The Labute approximate surface area is 131 Å². The third kappa shape index (κ3) is 5.39. The zero-order valence-corrected chi connectivity index (χ0v) is 13.1. The Bertz CT molecular complexity index is 534. The molecule has 2 heterocycles. The van der Waals surface area contributed by atoms with Crippen molar-refractivity contribution in [3.8, 4) is 0 Å². The van der Waals surface area contributed by atoms with E-state index in [2.05, 4.69) is 5.32 Å². The topological polar surface area (TPSA) is 62.6 Å². The van der Waals surface area contributed by atoms with Gasteiger partial charge in [0.05, 0.1) is 0 Å². The molecule has 2 rings (SSSR count). The van der Waals surface area contributed by atoms with Crippen molar-refractivity contribution in [1.29, 1.82) is 0 Å². The molecule has 0 spiro atoms. The number of hydrogen-bond acceptors (Lipinski definition) is 3. The van der Waals surface area contributed by atoms with Crippen molar-refractivity contribution in [1.82, 2.24) is 10.2 Å². The molecule has 1 saturated heterocycles. The minimum Gasteiger partial charge on any atom is -0.462 e. The number of nitrogens with one attached hydrogen (secondary N) is 1. The van der Waals surface area contributed by atoms with Gasteiger partial charge in [-0.3, -0.25) is 9.59 Å². The van der Waals surface area contributed by atoms with Crippen LogP contribution >= 0.6 is 0 Å². The number of hydrogen-bond donors (Lipinski definition) is 1. The molecule has 2 amide bonds. The summed E-state index contributed by atoms with van der Waals surface area (Å²) < 4.78 is 5.35. The second-order valence-corrected chi connectivity index (χ2v) is 5.62. The monoisotopic (exact) mass is 304 g/mol. The zero-order chi connectivity index (χ0) is 15.8. The van der Waals surface area contributed by atoms with E-state index in [1.54, 1.807) is 6.08 Å². The lowest BCUT2D eigenvalue weighted by Crippen LogP contribution is -2.33. The van der Waals surface area contributed by atoms with Crippen molar-refractivity contribution in [2.45, 2.75) is 39.0 Å². The molecule has 0 atom stereocenters. The van der Waals surface area contributed by atoms with E-state index >= 15 is 0 Å². The molecule has 1 N–H and O–H groups in total. The van der Waals surface area contributed by atoms with Gasteiger partial charge in [0.1, 0.15) is 11.5 Å². The molecule has 5 nitrogen and oxygen atoms in total. The average Bonchev–Trinajstić information content (AvgIpc) is 2.81. The maximum absolute atomic E-state index is 11.8. The summed E-state index contributed by atoms with van der Waals surface area (Å²) in [6, 6.07) is 3.68. The molecule has 1 aromatic heterocycles. The maximum Gasteiger partial charge on any atom is 0.244 e.